The Hall–Kier alpha value is -1.77. The molecule has 1 saturated heterocycles. The zero-order valence-electron chi connectivity index (χ0n) is 18.5. The molecule has 2 aromatic rings. The van der Waals surface area contributed by atoms with Crippen molar-refractivity contribution in [2.75, 3.05) is 32.5 Å². The molecule has 1 saturated carbocycles. The summed E-state index contributed by atoms with van der Waals surface area (Å²) in [6.07, 6.45) is 9.28. The van der Waals surface area contributed by atoms with Gasteiger partial charge < -0.3 is 20.2 Å². The summed E-state index contributed by atoms with van der Waals surface area (Å²) in [7, 11) is 4.34. The Balaban J connectivity index is 1.35. The van der Waals surface area contributed by atoms with Gasteiger partial charge in [-0.2, -0.15) is 0 Å². The molecule has 2 aliphatic carbocycles. The molecule has 168 valence electrons. The molecule has 0 radical (unpaired) electrons. The Kier molecular flexibility index (Phi) is 5.88. The predicted molar refractivity (Wildman–Crippen MR) is 124 cm³/mol. The van der Waals surface area contributed by atoms with Crippen molar-refractivity contribution in [1.82, 2.24) is 19.8 Å². The molecular formula is C23H33N5O2S. The van der Waals surface area contributed by atoms with Gasteiger partial charge >= 0.3 is 0 Å². The van der Waals surface area contributed by atoms with Crippen LogP contribution < -0.4 is 5.32 Å². The molecule has 2 aromatic heterocycles. The van der Waals surface area contributed by atoms with Crippen LogP contribution in [0.25, 0.3) is 10.2 Å². The summed E-state index contributed by atoms with van der Waals surface area (Å²) in [5, 5.41) is 14.7. The smallest absolute Gasteiger partial charge is 0.223 e. The van der Waals surface area contributed by atoms with Crippen molar-refractivity contribution < 1.29 is 9.90 Å². The number of β-amino-alcohol motifs (C(OH)–C–C–N with tert-alkyl or cyclic N) is 1. The van der Waals surface area contributed by atoms with E-state index >= 15 is 0 Å². The number of hydrogen-bond donors (Lipinski definition) is 2. The number of likely N-dealkylation sites (tertiary alicyclic amines) is 1. The van der Waals surface area contributed by atoms with E-state index in [-0.39, 0.29) is 17.9 Å². The second kappa shape index (κ2) is 8.64. The van der Waals surface area contributed by atoms with E-state index in [0.29, 0.717) is 38.0 Å². The Morgan fingerprint density at radius 1 is 1.23 bits per heavy atom. The second-order valence-corrected chi connectivity index (χ2v) is 10.8. The summed E-state index contributed by atoms with van der Waals surface area (Å²) in [6, 6.07) is 1.12. The Labute approximate surface area is 187 Å². The first kappa shape index (κ1) is 21.1. The van der Waals surface area contributed by atoms with Crippen molar-refractivity contribution >= 4 is 33.3 Å². The Bertz CT molecular complexity index is 953. The van der Waals surface area contributed by atoms with E-state index in [1.165, 1.54) is 23.3 Å². The number of amides is 1. The lowest BCUT2D eigenvalue weighted by Crippen LogP contribution is -2.36. The molecule has 8 heteroatoms. The van der Waals surface area contributed by atoms with Crippen LogP contribution in [-0.2, 0) is 11.2 Å². The quantitative estimate of drug-likeness (QED) is 0.739. The van der Waals surface area contributed by atoms with E-state index in [1.807, 2.05) is 4.90 Å². The number of aliphatic hydroxyl groups is 1. The van der Waals surface area contributed by atoms with Gasteiger partial charge in [0.25, 0.3) is 0 Å². The number of rotatable bonds is 5. The van der Waals surface area contributed by atoms with Crippen molar-refractivity contribution in [3.8, 4) is 0 Å². The highest BCUT2D eigenvalue weighted by Crippen LogP contribution is 2.47. The Morgan fingerprint density at radius 3 is 2.74 bits per heavy atom. The molecule has 1 amide bonds. The molecule has 2 N–H and O–H groups in total. The number of nitrogens with zero attached hydrogens (tertiary/aromatic N) is 4. The molecule has 3 aliphatic rings. The molecule has 0 aromatic carbocycles. The zero-order valence-corrected chi connectivity index (χ0v) is 19.3. The third-order valence-corrected chi connectivity index (χ3v) is 8.61. The minimum absolute atomic E-state index is 0.169. The van der Waals surface area contributed by atoms with Crippen LogP contribution in [0, 0.1) is 0 Å². The van der Waals surface area contributed by atoms with Gasteiger partial charge in [-0.1, -0.05) is 0 Å². The zero-order chi connectivity index (χ0) is 21.5. The fourth-order valence-corrected chi connectivity index (χ4v) is 6.86. The first-order chi connectivity index (χ1) is 15.0. The Morgan fingerprint density at radius 2 is 2.03 bits per heavy atom. The second-order valence-electron chi connectivity index (χ2n) is 9.68. The van der Waals surface area contributed by atoms with Crippen LogP contribution in [0.3, 0.4) is 0 Å². The number of hydrogen-bond acceptors (Lipinski definition) is 7. The highest BCUT2D eigenvalue weighted by Gasteiger charge is 2.34. The van der Waals surface area contributed by atoms with Crippen LogP contribution >= 0.6 is 11.3 Å². The largest absolute Gasteiger partial charge is 0.391 e. The van der Waals surface area contributed by atoms with Crippen LogP contribution in [0.1, 0.15) is 61.3 Å². The molecule has 2 fully saturated rings. The number of carbonyl (C=O) groups excluding carboxylic acids is 1. The minimum atomic E-state index is -0.364. The van der Waals surface area contributed by atoms with Crippen LogP contribution in [0.4, 0.5) is 5.82 Å². The van der Waals surface area contributed by atoms with E-state index in [2.05, 4.69) is 34.3 Å². The minimum Gasteiger partial charge on any atom is -0.391 e. The average molecular weight is 444 g/mol. The monoisotopic (exact) mass is 443 g/mol. The molecular weight excluding hydrogens is 410 g/mol. The van der Waals surface area contributed by atoms with Gasteiger partial charge in [-0.25, -0.2) is 9.97 Å². The molecule has 3 heterocycles. The normalized spacial score (nSPS) is 28.5. The number of aliphatic hydroxyl groups excluding tert-OH is 1. The average Bonchev–Trinajstić information content (AvgIpc) is 3.45. The van der Waals surface area contributed by atoms with Crippen LogP contribution in [0.5, 0.6) is 0 Å². The van der Waals surface area contributed by atoms with Crippen LogP contribution in [0.15, 0.2) is 6.33 Å². The molecule has 31 heavy (non-hydrogen) atoms. The SMILES string of the molecule is CN(C)C1CCC(Nc2ncnc3sc4c(c23)C(CC(=O)N2CCC(O)C2)CC4)CC1. The summed E-state index contributed by atoms with van der Waals surface area (Å²) in [5.41, 5.74) is 1.30. The van der Waals surface area contributed by atoms with Gasteiger partial charge in [0, 0.05) is 36.5 Å². The van der Waals surface area contributed by atoms with Gasteiger partial charge in [0.15, 0.2) is 0 Å². The predicted octanol–water partition coefficient (Wildman–Crippen LogP) is 2.99. The number of aryl methyl sites for hydroxylation is 1. The molecule has 2 atom stereocenters. The van der Waals surface area contributed by atoms with E-state index in [0.717, 1.165) is 41.7 Å². The molecule has 0 bridgehead atoms. The first-order valence-corrected chi connectivity index (χ1v) is 12.5. The number of carbonyl (C=O) groups is 1. The van der Waals surface area contributed by atoms with E-state index in [4.69, 9.17) is 0 Å². The maximum atomic E-state index is 12.9. The van der Waals surface area contributed by atoms with Gasteiger partial charge in [-0.3, -0.25) is 4.79 Å². The number of nitrogens with one attached hydrogen (secondary N) is 1. The topological polar surface area (TPSA) is 81.6 Å². The van der Waals surface area contributed by atoms with Gasteiger partial charge in [-0.05, 0) is 70.5 Å². The highest BCUT2D eigenvalue weighted by molar-refractivity contribution is 7.19. The number of thiophene rings is 1. The third-order valence-electron chi connectivity index (χ3n) is 7.44. The van der Waals surface area contributed by atoms with Crippen molar-refractivity contribution in [3.63, 3.8) is 0 Å². The van der Waals surface area contributed by atoms with E-state index in [1.54, 1.807) is 17.7 Å². The summed E-state index contributed by atoms with van der Waals surface area (Å²) < 4.78 is 0. The maximum Gasteiger partial charge on any atom is 0.223 e. The highest BCUT2D eigenvalue weighted by atomic mass is 32.1. The maximum absolute atomic E-state index is 12.9. The molecule has 5 rings (SSSR count). The van der Waals surface area contributed by atoms with Gasteiger partial charge in [0.1, 0.15) is 17.0 Å². The van der Waals surface area contributed by atoms with Crippen molar-refractivity contribution in [2.24, 2.45) is 0 Å². The summed E-state index contributed by atoms with van der Waals surface area (Å²) in [6.45, 7) is 1.16. The molecule has 1 aliphatic heterocycles. The number of anilines is 1. The lowest BCUT2D eigenvalue weighted by atomic mass is 9.90. The summed E-state index contributed by atoms with van der Waals surface area (Å²) >= 11 is 1.77. The van der Waals surface area contributed by atoms with Gasteiger partial charge in [0.05, 0.1) is 11.5 Å². The first-order valence-electron chi connectivity index (χ1n) is 11.6. The summed E-state index contributed by atoms with van der Waals surface area (Å²) in [5.74, 6) is 1.35. The fourth-order valence-electron chi connectivity index (χ4n) is 5.62. The van der Waals surface area contributed by atoms with Crippen molar-refractivity contribution in [2.45, 2.75) is 75.5 Å². The van der Waals surface area contributed by atoms with Crippen molar-refractivity contribution in [3.05, 3.63) is 16.8 Å². The summed E-state index contributed by atoms with van der Waals surface area (Å²) in [4.78, 5) is 28.7. The molecule has 2 unspecified atom stereocenters. The van der Waals surface area contributed by atoms with E-state index < -0.39 is 0 Å². The van der Waals surface area contributed by atoms with Gasteiger partial charge in [0.2, 0.25) is 5.91 Å². The lowest BCUT2D eigenvalue weighted by Gasteiger charge is -2.33. The van der Waals surface area contributed by atoms with E-state index in [9.17, 15) is 9.90 Å². The standard InChI is InChI=1S/C23H33N5O2S/c1-27(2)16-6-4-15(5-7-16)26-22-21-20-14(11-19(30)28-10-9-17(29)12-28)3-8-18(20)31-23(21)25-13-24-22/h13-17,29H,3-12H2,1-2H3,(H,24,25,26). The number of aromatic nitrogens is 2. The molecule has 0 spiro atoms. The number of fused-ring (bicyclic) bond motifs is 3. The van der Waals surface area contributed by atoms with Gasteiger partial charge in [-0.15, -0.1) is 11.3 Å². The molecule has 7 nitrogen and oxygen atoms in total. The fraction of sp³-hybridized carbons (Fsp3) is 0.696. The lowest BCUT2D eigenvalue weighted by molar-refractivity contribution is -0.130. The van der Waals surface area contributed by atoms with Crippen LogP contribution in [0.2, 0.25) is 0 Å². The van der Waals surface area contributed by atoms with Crippen molar-refractivity contribution in [1.29, 1.82) is 0 Å². The third kappa shape index (κ3) is 4.17. The van der Waals surface area contributed by atoms with Crippen LogP contribution in [-0.4, -0.2) is 76.2 Å².